The smallest absolute Gasteiger partial charge is 0.0409 e. The van der Waals surface area contributed by atoms with E-state index in [1.807, 2.05) is 12.1 Å². The highest BCUT2D eigenvalue weighted by molar-refractivity contribution is 6.30. The fourth-order valence-corrected chi connectivity index (χ4v) is 2.64. The average Bonchev–Trinajstić information content (AvgIpc) is 2.80. The minimum absolute atomic E-state index is 0.413. The molecule has 3 heteroatoms. The zero-order valence-electron chi connectivity index (χ0n) is 10.6. The lowest BCUT2D eigenvalue weighted by atomic mass is 10.1. The molecule has 1 saturated heterocycles. The third kappa shape index (κ3) is 3.44. The summed E-state index contributed by atoms with van der Waals surface area (Å²) in [7, 11) is 2.19. The summed E-state index contributed by atoms with van der Waals surface area (Å²) in [6.07, 6.45) is 2.61. The summed E-state index contributed by atoms with van der Waals surface area (Å²) in [4.78, 5) is 2.40. The van der Waals surface area contributed by atoms with Gasteiger partial charge in [0, 0.05) is 23.7 Å². The summed E-state index contributed by atoms with van der Waals surface area (Å²) >= 11 is 6.03. The molecule has 0 spiro atoms. The number of benzene rings is 1. The number of likely N-dealkylation sites (N-methyl/N-ethyl adjacent to an activating group) is 1. The Kier molecular flexibility index (Phi) is 4.43. The van der Waals surface area contributed by atoms with Gasteiger partial charge in [0.2, 0.25) is 0 Å². The topological polar surface area (TPSA) is 15.3 Å². The third-order valence-electron chi connectivity index (χ3n) is 3.66. The molecule has 2 unspecified atom stereocenters. The molecule has 1 aliphatic rings. The molecular weight excluding hydrogens is 232 g/mol. The fourth-order valence-electron chi connectivity index (χ4n) is 2.44. The van der Waals surface area contributed by atoms with Crippen LogP contribution in [0.5, 0.6) is 0 Å². The van der Waals surface area contributed by atoms with Crippen molar-refractivity contribution < 1.29 is 0 Å². The average molecular weight is 253 g/mol. The molecule has 0 saturated carbocycles. The number of nitrogens with zero attached hydrogens (tertiary/aromatic N) is 1. The Morgan fingerprint density at radius 3 is 3.00 bits per heavy atom. The Balaban J connectivity index is 1.96. The molecule has 17 heavy (non-hydrogen) atoms. The number of nitrogens with one attached hydrogen (secondary N) is 1. The number of rotatable bonds is 4. The van der Waals surface area contributed by atoms with Gasteiger partial charge in [-0.15, -0.1) is 0 Å². The van der Waals surface area contributed by atoms with Crippen LogP contribution < -0.4 is 5.32 Å². The first-order chi connectivity index (χ1) is 8.16. The fraction of sp³-hybridized carbons (Fsp3) is 0.571. The molecule has 0 bridgehead atoms. The highest BCUT2D eigenvalue weighted by Crippen LogP contribution is 2.22. The van der Waals surface area contributed by atoms with Crippen molar-refractivity contribution in [1.82, 2.24) is 10.2 Å². The molecule has 1 aromatic carbocycles. The van der Waals surface area contributed by atoms with Gasteiger partial charge >= 0.3 is 0 Å². The molecule has 1 heterocycles. The van der Waals surface area contributed by atoms with Crippen molar-refractivity contribution in [1.29, 1.82) is 0 Å². The summed E-state index contributed by atoms with van der Waals surface area (Å²) in [6.45, 7) is 4.51. The summed E-state index contributed by atoms with van der Waals surface area (Å²) in [5.41, 5.74) is 1.29. The Morgan fingerprint density at radius 1 is 1.53 bits per heavy atom. The monoisotopic (exact) mass is 252 g/mol. The zero-order chi connectivity index (χ0) is 12.3. The standard InChI is InChI=1S/C14H21ClN2/c1-11(12-5-3-6-13(15)9-12)17(2)10-14-7-4-8-16-14/h3,5-6,9,11,14,16H,4,7-8,10H2,1-2H3. The predicted octanol–water partition coefficient (Wildman–Crippen LogP) is 3.08. The lowest BCUT2D eigenvalue weighted by Crippen LogP contribution is -2.36. The minimum atomic E-state index is 0.413. The highest BCUT2D eigenvalue weighted by Gasteiger charge is 2.19. The number of hydrogen-bond acceptors (Lipinski definition) is 2. The molecular formula is C14H21ClN2. The van der Waals surface area contributed by atoms with E-state index >= 15 is 0 Å². The van der Waals surface area contributed by atoms with Crippen LogP contribution in [-0.2, 0) is 0 Å². The Hall–Kier alpha value is -0.570. The largest absolute Gasteiger partial charge is 0.313 e. The molecule has 2 atom stereocenters. The van der Waals surface area contributed by atoms with Crippen molar-refractivity contribution in [2.45, 2.75) is 31.8 Å². The van der Waals surface area contributed by atoms with Crippen LogP contribution in [0.15, 0.2) is 24.3 Å². The first kappa shape index (κ1) is 12.9. The van der Waals surface area contributed by atoms with E-state index in [0.29, 0.717) is 12.1 Å². The van der Waals surface area contributed by atoms with Gasteiger partial charge in [-0.1, -0.05) is 23.7 Å². The second-order valence-electron chi connectivity index (χ2n) is 4.96. The Labute approximate surface area is 109 Å². The maximum atomic E-state index is 6.03. The Morgan fingerprint density at radius 2 is 2.35 bits per heavy atom. The molecule has 0 radical (unpaired) electrons. The van der Waals surface area contributed by atoms with Crippen molar-refractivity contribution >= 4 is 11.6 Å². The van der Waals surface area contributed by atoms with Gasteiger partial charge in [-0.25, -0.2) is 0 Å². The summed E-state index contributed by atoms with van der Waals surface area (Å²) < 4.78 is 0. The van der Waals surface area contributed by atoms with E-state index in [0.717, 1.165) is 11.6 Å². The first-order valence-corrected chi connectivity index (χ1v) is 6.73. The minimum Gasteiger partial charge on any atom is -0.313 e. The molecule has 1 aromatic rings. The normalized spacial score (nSPS) is 22.0. The van der Waals surface area contributed by atoms with E-state index in [1.165, 1.54) is 24.9 Å². The van der Waals surface area contributed by atoms with Gasteiger partial charge in [0.05, 0.1) is 0 Å². The summed E-state index contributed by atoms with van der Waals surface area (Å²) in [5.74, 6) is 0. The van der Waals surface area contributed by atoms with E-state index in [-0.39, 0.29) is 0 Å². The second-order valence-corrected chi connectivity index (χ2v) is 5.40. The summed E-state index contributed by atoms with van der Waals surface area (Å²) in [6, 6.07) is 9.23. The quantitative estimate of drug-likeness (QED) is 0.886. The lowest BCUT2D eigenvalue weighted by molar-refractivity contribution is 0.238. The molecule has 1 fully saturated rings. The molecule has 1 aliphatic heterocycles. The zero-order valence-corrected chi connectivity index (χ0v) is 11.4. The number of hydrogen-bond donors (Lipinski definition) is 1. The van der Waals surface area contributed by atoms with Crippen LogP contribution in [0.25, 0.3) is 0 Å². The molecule has 2 rings (SSSR count). The van der Waals surface area contributed by atoms with Gasteiger partial charge in [0.1, 0.15) is 0 Å². The van der Waals surface area contributed by atoms with Gasteiger partial charge in [0.15, 0.2) is 0 Å². The van der Waals surface area contributed by atoms with E-state index in [4.69, 9.17) is 11.6 Å². The van der Waals surface area contributed by atoms with Crippen LogP contribution in [0.1, 0.15) is 31.4 Å². The van der Waals surface area contributed by atoms with Gasteiger partial charge in [-0.2, -0.15) is 0 Å². The van der Waals surface area contributed by atoms with E-state index in [9.17, 15) is 0 Å². The predicted molar refractivity (Wildman–Crippen MR) is 73.5 cm³/mol. The van der Waals surface area contributed by atoms with Crippen LogP contribution in [0.4, 0.5) is 0 Å². The first-order valence-electron chi connectivity index (χ1n) is 6.36. The van der Waals surface area contributed by atoms with Gasteiger partial charge in [-0.3, -0.25) is 4.90 Å². The maximum Gasteiger partial charge on any atom is 0.0409 e. The van der Waals surface area contributed by atoms with Crippen LogP contribution in [0.2, 0.25) is 5.02 Å². The van der Waals surface area contributed by atoms with E-state index < -0.39 is 0 Å². The van der Waals surface area contributed by atoms with Crippen LogP contribution in [0, 0.1) is 0 Å². The SMILES string of the molecule is CC(c1cccc(Cl)c1)N(C)CC1CCCN1. The van der Waals surface area contributed by atoms with E-state index in [1.54, 1.807) is 0 Å². The van der Waals surface area contributed by atoms with Crippen molar-refractivity contribution in [3.8, 4) is 0 Å². The molecule has 0 amide bonds. The van der Waals surface area contributed by atoms with Crippen molar-refractivity contribution in [2.75, 3.05) is 20.1 Å². The molecule has 0 aliphatic carbocycles. The Bertz CT molecular complexity index is 361. The molecule has 0 aromatic heterocycles. The molecule has 2 nitrogen and oxygen atoms in total. The maximum absolute atomic E-state index is 6.03. The van der Waals surface area contributed by atoms with Crippen LogP contribution >= 0.6 is 11.6 Å². The second kappa shape index (κ2) is 5.85. The number of halogens is 1. The van der Waals surface area contributed by atoms with Gasteiger partial charge in [-0.05, 0) is 51.1 Å². The third-order valence-corrected chi connectivity index (χ3v) is 3.90. The van der Waals surface area contributed by atoms with Crippen LogP contribution in [0.3, 0.4) is 0 Å². The van der Waals surface area contributed by atoms with Gasteiger partial charge in [0.25, 0.3) is 0 Å². The lowest BCUT2D eigenvalue weighted by Gasteiger charge is -2.28. The van der Waals surface area contributed by atoms with Crippen molar-refractivity contribution in [3.05, 3.63) is 34.9 Å². The highest BCUT2D eigenvalue weighted by atomic mass is 35.5. The van der Waals surface area contributed by atoms with Crippen LogP contribution in [-0.4, -0.2) is 31.1 Å². The summed E-state index contributed by atoms with van der Waals surface area (Å²) in [5, 5.41) is 4.36. The molecule has 94 valence electrons. The molecule has 1 N–H and O–H groups in total. The van der Waals surface area contributed by atoms with Gasteiger partial charge < -0.3 is 5.32 Å². The van der Waals surface area contributed by atoms with Crippen molar-refractivity contribution in [3.63, 3.8) is 0 Å². The van der Waals surface area contributed by atoms with E-state index in [2.05, 4.69) is 36.3 Å². The van der Waals surface area contributed by atoms with Crippen molar-refractivity contribution in [2.24, 2.45) is 0 Å².